The summed E-state index contributed by atoms with van der Waals surface area (Å²) in [6.07, 6.45) is 1.18. The summed E-state index contributed by atoms with van der Waals surface area (Å²) < 4.78 is 5.31. The first-order chi connectivity index (χ1) is 11.0. The first-order valence-corrected chi connectivity index (χ1v) is 8.66. The van der Waals surface area contributed by atoms with Gasteiger partial charge in [0.1, 0.15) is 0 Å². The minimum absolute atomic E-state index is 0. The van der Waals surface area contributed by atoms with Crippen LogP contribution in [0.5, 0.6) is 0 Å². The van der Waals surface area contributed by atoms with Gasteiger partial charge >= 0.3 is 0 Å². The van der Waals surface area contributed by atoms with Crippen molar-refractivity contribution >= 4 is 36.6 Å². The van der Waals surface area contributed by atoms with Crippen LogP contribution in [0.3, 0.4) is 0 Å². The van der Waals surface area contributed by atoms with Crippen LogP contribution in [-0.4, -0.2) is 91.1 Å². The monoisotopic (exact) mass is 398 g/mol. The Balaban J connectivity index is 0.00000288. The highest BCUT2D eigenvalue weighted by atomic mass is 35.5. The van der Waals surface area contributed by atoms with Crippen LogP contribution < -0.4 is 5.73 Å². The van der Waals surface area contributed by atoms with E-state index in [1.165, 1.54) is 0 Å². The van der Waals surface area contributed by atoms with Gasteiger partial charge in [-0.05, 0) is 26.7 Å². The molecule has 0 saturated carbocycles. The van der Waals surface area contributed by atoms with E-state index in [-0.39, 0.29) is 36.6 Å². The van der Waals surface area contributed by atoms with Crippen LogP contribution >= 0.6 is 24.8 Å². The van der Waals surface area contributed by atoms with E-state index in [9.17, 15) is 9.59 Å². The van der Waals surface area contributed by atoms with Crippen molar-refractivity contribution in [2.24, 2.45) is 5.73 Å². The van der Waals surface area contributed by atoms with Crippen LogP contribution in [0.15, 0.2) is 0 Å². The molecule has 25 heavy (non-hydrogen) atoms. The van der Waals surface area contributed by atoms with Crippen molar-refractivity contribution in [3.05, 3.63) is 0 Å². The fourth-order valence-corrected chi connectivity index (χ4v) is 3.24. The molecule has 2 aliphatic heterocycles. The van der Waals surface area contributed by atoms with Gasteiger partial charge in [0.15, 0.2) is 0 Å². The summed E-state index contributed by atoms with van der Waals surface area (Å²) in [5.74, 6) is 0.199. The maximum atomic E-state index is 12.7. The zero-order valence-corrected chi connectivity index (χ0v) is 16.9. The lowest BCUT2D eigenvalue weighted by Gasteiger charge is -2.41. The van der Waals surface area contributed by atoms with Gasteiger partial charge in [-0.1, -0.05) is 0 Å². The molecule has 148 valence electrons. The lowest BCUT2D eigenvalue weighted by Crippen LogP contribution is -2.61. The van der Waals surface area contributed by atoms with Gasteiger partial charge in [-0.25, -0.2) is 0 Å². The van der Waals surface area contributed by atoms with Gasteiger partial charge < -0.3 is 20.3 Å². The van der Waals surface area contributed by atoms with Crippen LogP contribution in [0.1, 0.15) is 26.7 Å². The molecule has 2 amide bonds. The van der Waals surface area contributed by atoms with Gasteiger partial charge in [0.05, 0.1) is 12.1 Å². The summed E-state index contributed by atoms with van der Waals surface area (Å²) in [7, 11) is 0. The second kappa shape index (κ2) is 11.2. The zero-order valence-electron chi connectivity index (χ0n) is 15.2. The third kappa shape index (κ3) is 6.25. The Morgan fingerprint density at radius 1 is 1.04 bits per heavy atom. The average molecular weight is 399 g/mol. The molecule has 0 radical (unpaired) electrons. The molecule has 0 spiro atoms. The molecule has 2 aliphatic rings. The summed E-state index contributed by atoms with van der Waals surface area (Å²) in [4.78, 5) is 30.6. The molecule has 0 atom stereocenters. The van der Waals surface area contributed by atoms with Gasteiger partial charge in [-0.3, -0.25) is 14.5 Å². The molecule has 2 heterocycles. The van der Waals surface area contributed by atoms with Gasteiger partial charge in [0, 0.05) is 52.5 Å². The van der Waals surface area contributed by atoms with E-state index in [1.54, 1.807) is 0 Å². The first-order valence-electron chi connectivity index (χ1n) is 8.66. The number of likely N-dealkylation sites (N-methyl/N-ethyl adjacent to an activating group) is 1. The Bertz CT molecular complexity index is 422. The third-order valence-corrected chi connectivity index (χ3v) is 4.95. The number of hydrogen-bond donors (Lipinski definition) is 1. The molecule has 2 saturated heterocycles. The molecule has 0 aliphatic carbocycles. The van der Waals surface area contributed by atoms with Gasteiger partial charge in [0.2, 0.25) is 11.8 Å². The second-order valence-electron chi connectivity index (χ2n) is 6.40. The Kier molecular flexibility index (Phi) is 10.9. The fourth-order valence-electron chi connectivity index (χ4n) is 3.24. The van der Waals surface area contributed by atoms with Crippen molar-refractivity contribution in [1.82, 2.24) is 14.7 Å². The summed E-state index contributed by atoms with van der Waals surface area (Å²) >= 11 is 0. The number of ether oxygens (including phenoxy) is 1. The molecule has 0 aromatic heterocycles. The van der Waals surface area contributed by atoms with Gasteiger partial charge in [-0.15, -0.1) is 24.8 Å². The highest BCUT2D eigenvalue weighted by molar-refractivity contribution is 5.86. The maximum Gasteiger partial charge on any atom is 0.242 e. The maximum absolute atomic E-state index is 12.7. The molecular formula is C16H32Cl2N4O3. The number of carbonyl (C=O) groups excluding carboxylic acids is 2. The molecule has 7 nitrogen and oxygen atoms in total. The van der Waals surface area contributed by atoms with Crippen LogP contribution in [0.25, 0.3) is 0 Å². The number of amides is 2. The third-order valence-electron chi connectivity index (χ3n) is 4.95. The number of piperazine rings is 1. The first kappa shape index (κ1) is 24.4. The Hall–Kier alpha value is -0.600. The number of nitrogens with two attached hydrogens (primary N) is 1. The van der Waals surface area contributed by atoms with Crippen LogP contribution in [-0.2, 0) is 14.3 Å². The number of halogens is 2. The van der Waals surface area contributed by atoms with Crippen molar-refractivity contribution in [1.29, 1.82) is 0 Å². The van der Waals surface area contributed by atoms with E-state index in [4.69, 9.17) is 10.5 Å². The van der Waals surface area contributed by atoms with Crippen molar-refractivity contribution in [2.45, 2.75) is 32.2 Å². The van der Waals surface area contributed by atoms with Crippen LogP contribution in [0.2, 0.25) is 0 Å². The summed E-state index contributed by atoms with van der Waals surface area (Å²) in [5.41, 5.74) is 5.51. The van der Waals surface area contributed by atoms with Crippen LogP contribution in [0, 0.1) is 0 Å². The molecule has 2 N–H and O–H groups in total. The summed E-state index contributed by atoms with van der Waals surface area (Å²) in [6, 6.07) is 0. The fraction of sp³-hybridized carbons (Fsp3) is 0.875. The average Bonchev–Trinajstić information content (AvgIpc) is 2.56. The highest BCUT2D eigenvalue weighted by Crippen LogP contribution is 2.21. The van der Waals surface area contributed by atoms with E-state index >= 15 is 0 Å². The predicted molar refractivity (Wildman–Crippen MR) is 102 cm³/mol. The Morgan fingerprint density at radius 3 is 2.04 bits per heavy atom. The molecule has 0 unspecified atom stereocenters. The van der Waals surface area contributed by atoms with E-state index in [2.05, 4.69) is 4.90 Å². The molecule has 0 bridgehead atoms. The van der Waals surface area contributed by atoms with Crippen LogP contribution in [0.4, 0.5) is 0 Å². The molecule has 0 aromatic rings. The van der Waals surface area contributed by atoms with E-state index < -0.39 is 5.54 Å². The summed E-state index contributed by atoms with van der Waals surface area (Å²) in [6.45, 7) is 9.76. The SMILES string of the molecule is CCN(CC)C(=O)CN1CCN(C(=O)C2(N)CCOCC2)CC1.Cl.Cl. The molecular weight excluding hydrogens is 367 g/mol. The molecule has 2 fully saturated rings. The molecule has 2 rings (SSSR count). The quantitative estimate of drug-likeness (QED) is 0.722. The van der Waals surface area contributed by atoms with Crippen molar-refractivity contribution < 1.29 is 14.3 Å². The largest absolute Gasteiger partial charge is 0.381 e. The second-order valence-corrected chi connectivity index (χ2v) is 6.40. The smallest absolute Gasteiger partial charge is 0.242 e. The summed E-state index contributed by atoms with van der Waals surface area (Å²) in [5, 5.41) is 0. The Morgan fingerprint density at radius 2 is 1.56 bits per heavy atom. The normalized spacial score (nSPS) is 20.2. The van der Waals surface area contributed by atoms with Crippen molar-refractivity contribution in [3.8, 4) is 0 Å². The molecule has 0 aromatic carbocycles. The number of hydrogen-bond acceptors (Lipinski definition) is 5. The molecule has 9 heteroatoms. The number of nitrogens with zero attached hydrogens (tertiary/aromatic N) is 3. The minimum atomic E-state index is -0.766. The van der Waals surface area contributed by atoms with Gasteiger partial charge in [0.25, 0.3) is 0 Å². The van der Waals surface area contributed by atoms with E-state index in [0.717, 1.165) is 26.2 Å². The standard InChI is InChI=1S/C16H30N4O3.2ClH/c1-3-19(4-2)14(21)13-18-7-9-20(10-8-18)15(22)16(17)5-11-23-12-6-16;;/h3-13,17H2,1-2H3;2*1H. The Labute approximate surface area is 163 Å². The highest BCUT2D eigenvalue weighted by Gasteiger charge is 2.39. The number of carbonyl (C=O) groups is 2. The van der Waals surface area contributed by atoms with Gasteiger partial charge in [-0.2, -0.15) is 0 Å². The zero-order chi connectivity index (χ0) is 16.9. The van der Waals surface area contributed by atoms with Crippen molar-refractivity contribution in [3.63, 3.8) is 0 Å². The van der Waals surface area contributed by atoms with Crippen molar-refractivity contribution in [2.75, 3.05) is 59.0 Å². The van der Waals surface area contributed by atoms with E-state index in [0.29, 0.717) is 45.7 Å². The lowest BCUT2D eigenvalue weighted by molar-refractivity contribution is -0.142. The van der Waals surface area contributed by atoms with E-state index in [1.807, 2.05) is 23.6 Å². The number of rotatable bonds is 5. The lowest BCUT2D eigenvalue weighted by atomic mass is 9.89. The minimum Gasteiger partial charge on any atom is -0.381 e. The predicted octanol–water partition coefficient (Wildman–Crippen LogP) is 0.351. The topological polar surface area (TPSA) is 79.1 Å².